The summed E-state index contributed by atoms with van der Waals surface area (Å²) >= 11 is 0. The summed E-state index contributed by atoms with van der Waals surface area (Å²) in [6.07, 6.45) is 10.0. The fourth-order valence-corrected chi connectivity index (χ4v) is 6.05. The quantitative estimate of drug-likeness (QED) is 0.197. The molecule has 0 amide bonds. The maximum absolute atomic E-state index is 12.4. The number of aromatic nitrogens is 4. The predicted molar refractivity (Wildman–Crippen MR) is 157 cm³/mol. The number of hydrogen-bond donors (Lipinski definition) is 6. The Balaban J connectivity index is 1.95. The van der Waals surface area contributed by atoms with Gasteiger partial charge in [-0.2, -0.15) is 0 Å². The molecule has 5 heterocycles. The number of carboxylic acid groups (broad SMARTS) is 2. The highest BCUT2D eigenvalue weighted by atomic mass is 16.4. The van der Waals surface area contributed by atoms with Gasteiger partial charge in [-0.3, -0.25) is 4.79 Å². The lowest BCUT2D eigenvalue weighted by Gasteiger charge is -1.99. The Labute approximate surface area is 231 Å². The number of aromatic amines is 4. The maximum Gasteiger partial charge on any atom is 0.338 e. The first-order valence-corrected chi connectivity index (χ1v) is 13.7. The van der Waals surface area contributed by atoms with Crippen LogP contribution in [0.4, 0.5) is 0 Å². The van der Waals surface area contributed by atoms with E-state index in [1.54, 1.807) is 6.08 Å². The molecule has 0 aromatic carbocycles. The summed E-state index contributed by atoms with van der Waals surface area (Å²) in [5.41, 5.74) is 10.6. The molecule has 0 atom stereocenters. The molecule has 1 aliphatic heterocycles. The van der Waals surface area contributed by atoms with Gasteiger partial charge in [0.15, 0.2) is 0 Å². The van der Waals surface area contributed by atoms with E-state index in [0.717, 1.165) is 57.0 Å². The zero-order valence-corrected chi connectivity index (χ0v) is 23.8. The molecule has 1 aliphatic rings. The van der Waals surface area contributed by atoms with Crippen molar-refractivity contribution in [2.75, 3.05) is 0 Å². The van der Waals surface area contributed by atoms with Crippen molar-refractivity contribution in [1.29, 1.82) is 0 Å². The SMILES string of the molecule is CCc1c2[nH]c(c1C)C=c1[nH]c(c(CCC(=O)O)c1C)=Cc1[nH]c(c(C)c1C(=O)O)C=c1[nH]c(c(C)c1CC)=C2. The first kappa shape index (κ1) is 27.1. The van der Waals surface area contributed by atoms with Crippen LogP contribution in [0.1, 0.15) is 92.3 Å². The van der Waals surface area contributed by atoms with Gasteiger partial charge in [0.05, 0.1) is 11.3 Å². The molecule has 0 spiro atoms. The number of hydrogen-bond acceptors (Lipinski definition) is 2. The van der Waals surface area contributed by atoms with E-state index >= 15 is 0 Å². The number of aliphatic carboxylic acids is 1. The number of fused-ring (bicyclic) bond motifs is 8. The Morgan fingerprint density at radius 1 is 0.600 bits per heavy atom. The van der Waals surface area contributed by atoms with Gasteiger partial charge in [-0.25, -0.2) is 4.79 Å². The highest BCUT2D eigenvalue weighted by molar-refractivity contribution is 5.94. The van der Waals surface area contributed by atoms with Crippen LogP contribution < -0.4 is 21.4 Å². The molecule has 0 fully saturated rings. The molecule has 0 unspecified atom stereocenters. The van der Waals surface area contributed by atoms with E-state index in [1.807, 2.05) is 19.9 Å². The highest BCUT2D eigenvalue weighted by Crippen LogP contribution is 2.22. The molecule has 6 N–H and O–H groups in total. The third kappa shape index (κ3) is 4.53. The molecule has 40 heavy (non-hydrogen) atoms. The summed E-state index contributed by atoms with van der Waals surface area (Å²) in [7, 11) is 0. The van der Waals surface area contributed by atoms with Crippen LogP contribution >= 0.6 is 0 Å². The fourth-order valence-electron chi connectivity index (χ4n) is 6.05. The number of nitrogens with one attached hydrogen (secondary N) is 4. The van der Waals surface area contributed by atoms with Crippen LogP contribution in [0, 0.1) is 27.7 Å². The zero-order valence-electron chi connectivity index (χ0n) is 23.8. The monoisotopic (exact) mass is 540 g/mol. The van der Waals surface area contributed by atoms with Crippen molar-refractivity contribution in [2.24, 2.45) is 0 Å². The lowest BCUT2D eigenvalue weighted by molar-refractivity contribution is -0.136. The standard InChI is InChI=1S/C32H36N4O4/c1-7-19-15(3)22-11-23-17(5)21(9-10-30(37)38)28(35-23)14-29-31(32(39)40)18(6)25(36-29)13-27-20(8-2)16(4)24(34-27)12-26(19)33-22/h11-14,33-36H,7-10H2,1-6H3,(H,37,38)(H,39,40). The van der Waals surface area contributed by atoms with Crippen molar-refractivity contribution in [1.82, 2.24) is 19.9 Å². The summed E-state index contributed by atoms with van der Waals surface area (Å²) < 4.78 is 0. The van der Waals surface area contributed by atoms with Crippen molar-refractivity contribution in [2.45, 2.75) is 67.2 Å². The molecule has 0 aliphatic carbocycles. The minimum absolute atomic E-state index is 0.0256. The minimum atomic E-state index is -1.02. The largest absolute Gasteiger partial charge is 0.481 e. The topological polar surface area (TPSA) is 138 Å². The Hall–Kier alpha value is -4.46. The summed E-state index contributed by atoms with van der Waals surface area (Å²) in [5.74, 6) is -1.90. The predicted octanol–water partition coefficient (Wildman–Crippen LogP) is 2.70. The highest BCUT2D eigenvalue weighted by Gasteiger charge is 2.20. The molecule has 0 radical (unpaired) electrons. The van der Waals surface area contributed by atoms with Gasteiger partial charge in [0, 0.05) is 44.9 Å². The van der Waals surface area contributed by atoms with Gasteiger partial charge in [0.25, 0.3) is 0 Å². The molecule has 8 bridgehead atoms. The van der Waals surface area contributed by atoms with Crippen LogP contribution in [0.3, 0.4) is 0 Å². The molecular weight excluding hydrogens is 504 g/mol. The van der Waals surface area contributed by atoms with Crippen molar-refractivity contribution in [3.8, 4) is 0 Å². The molecule has 0 saturated carbocycles. The summed E-state index contributed by atoms with van der Waals surface area (Å²) in [4.78, 5) is 37.9. The van der Waals surface area contributed by atoms with Crippen molar-refractivity contribution in [3.05, 3.63) is 88.7 Å². The normalized spacial score (nSPS) is 12.3. The van der Waals surface area contributed by atoms with E-state index in [4.69, 9.17) is 0 Å². The fraction of sp³-hybridized carbons (Fsp3) is 0.312. The van der Waals surface area contributed by atoms with Gasteiger partial charge in [-0.1, -0.05) is 13.8 Å². The summed E-state index contributed by atoms with van der Waals surface area (Å²) in [5, 5.41) is 23.1. The average Bonchev–Trinajstić information content (AvgIpc) is 3.55. The van der Waals surface area contributed by atoms with Crippen LogP contribution in [0.5, 0.6) is 0 Å². The van der Waals surface area contributed by atoms with E-state index in [9.17, 15) is 19.8 Å². The number of H-pyrrole nitrogens is 4. The van der Waals surface area contributed by atoms with Crippen LogP contribution in [0.25, 0.3) is 24.3 Å². The first-order chi connectivity index (χ1) is 19.0. The molecule has 8 nitrogen and oxygen atoms in total. The molecule has 5 rings (SSSR count). The summed E-state index contributed by atoms with van der Waals surface area (Å²) in [6.45, 7) is 12.3. The van der Waals surface area contributed by atoms with Gasteiger partial charge in [0.2, 0.25) is 0 Å². The zero-order chi connectivity index (χ0) is 28.9. The Bertz CT molecular complexity index is 1920. The van der Waals surface area contributed by atoms with Gasteiger partial charge in [-0.05, 0) is 110 Å². The third-order valence-electron chi connectivity index (χ3n) is 8.34. The van der Waals surface area contributed by atoms with Crippen molar-refractivity contribution < 1.29 is 19.8 Å². The van der Waals surface area contributed by atoms with Gasteiger partial charge < -0.3 is 30.1 Å². The van der Waals surface area contributed by atoms with Crippen LogP contribution in [-0.2, 0) is 24.1 Å². The van der Waals surface area contributed by atoms with Gasteiger partial charge in [0.1, 0.15) is 0 Å². The Morgan fingerprint density at radius 2 is 1.10 bits per heavy atom. The number of rotatable bonds is 6. The Morgan fingerprint density at radius 3 is 1.70 bits per heavy atom. The van der Waals surface area contributed by atoms with Crippen molar-refractivity contribution in [3.63, 3.8) is 0 Å². The van der Waals surface area contributed by atoms with E-state index in [-0.39, 0.29) is 12.0 Å². The molecule has 208 valence electrons. The van der Waals surface area contributed by atoms with Gasteiger partial charge in [-0.15, -0.1) is 0 Å². The van der Waals surface area contributed by atoms with Gasteiger partial charge >= 0.3 is 11.9 Å². The number of carboxylic acids is 2. The second kappa shape index (κ2) is 10.3. The molecule has 8 heteroatoms. The lowest BCUT2D eigenvalue weighted by atomic mass is 10.0. The number of aromatic carboxylic acids is 1. The second-order valence-corrected chi connectivity index (χ2v) is 10.6. The van der Waals surface area contributed by atoms with Crippen LogP contribution in [-0.4, -0.2) is 42.1 Å². The first-order valence-electron chi connectivity index (χ1n) is 13.7. The molecular formula is C32H36N4O4. The van der Waals surface area contributed by atoms with Crippen LogP contribution in [0.15, 0.2) is 0 Å². The molecule has 4 aromatic rings. The Kier molecular flexibility index (Phi) is 6.96. The van der Waals surface area contributed by atoms with Crippen LogP contribution in [0.2, 0.25) is 0 Å². The smallest absolute Gasteiger partial charge is 0.338 e. The van der Waals surface area contributed by atoms with Crippen molar-refractivity contribution >= 4 is 36.2 Å². The van der Waals surface area contributed by atoms with E-state index in [1.165, 1.54) is 16.7 Å². The molecule has 4 aromatic heterocycles. The number of carbonyl (C=O) groups is 2. The minimum Gasteiger partial charge on any atom is -0.481 e. The second-order valence-electron chi connectivity index (χ2n) is 10.6. The lowest BCUT2D eigenvalue weighted by Crippen LogP contribution is -2.14. The summed E-state index contributed by atoms with van der Waals surface area (Å²) in [6, 6.07) is 0. The third-order valence-corrected chi connectivity index (χ3v) is 8.34. The van der Waals surface area contributed by atoms with E-state index in [2.05, 4.69) is 59.8 Å². The molecule has 0 saturated heterocycles. The average molecular weight is 541 g/mol. The maximum atomic E-state index is 12.4. The van der Waals surface area contributed by atoms with E-state index < -0.39 is 11.9 Å². The van der Waals surface area contributed by atoms with E-state index in [0.29, 0.717) is 28.7 Å².